The van der Waals surface area contributed by atoms with E-state index in [2.05, 4.69) is 0 Å². The maximum atomic E-state index is 10.3. The zero-order valence-electron chi connectivity index (χ0n) is 8.63. The zero-order valence-corrected chi connectivity index (χ0v) is 8.63. The van der Waals surface area contributed by atoms with Crippen LogP contribution in [0.3, 0.4) is 0 Å². The lowest BCUT2D eigenvalue weighted by Gasteiger charge is -2.04. The lowest BCUT2D eigenvalue weighted by atomic mass is 10.2. The highest BCUT2D eigenvalue weighted by atomic mass is 16.6. The minimum atomic E-state index is -0.960. The maximum Gasteiger partial charge on any atom is 0.328 e. The summed E-state index contributed by atoms with van der Waals surface area (Å²) in [6.45, 7) is 1.31. The molecule has 0 spiro atoms. The van der Waals surface area contributed by atoms with Gasteiger partial charge in [-0.05, 0) is 23.8 Å². The Morgan fingerprint density at radius 2 is 2.44 bits per heavy atom. The molecule has 1 heterocycles. The van der Waals surface area contributed by atoms with Crippen LogP contribution in [0.5, 0.6) is 5.75 Å². The number of hydrogen-bond donors (Lipinski definition) is 1. The van der Waals surface area contributed by atoms with Crippen molar-refractivity contribution in [3.63, 3.8) is 0 Å². The van der Waals surface area contributed by atoms with Gasteiger partial charge in [-0.15, -0.1) is 0 Å². The van der Waals surface area contributed by atoms with Crippen LogP contribution in [0.25, 0.3) is 6.08 Å². The number of hydrogen-bond acceptors (Lipinski definition) is 3. The molecule has 1 N–H and O–H groups in total. The van der Waals surface area contributed by atoms with Gasteiger partial charge in [0.05, 0.1) is 6.61 Å². The van der Waals surface area contributed by atoms with Gasteiger partial charge in [-0.25, -0.2) is 4.79 Å². The van der Waals surface area contributed by atoms with Crippen LogP contribution in [0, 0.1) is 0 Å². The Bertz CT molecular complexity index is 407. The number of aliphatic carboxylic acids is 1. The molecule has 2 rings (SSSR count). The van der Waals surface area contributed by atoms with Crippen molar-refractivity contribution in [1.82, 2.24) is 0 Å². The molecular weight excluding hydrogens is 208 g/mol. The van der Waals surface area contributed by atoms with Crippen LogP contribution in [0.4, 0.5) is 0 Å². The maximum absolute atomic E-state index is 10.3. The predicted molar refractivity (Wildman–Crippen MR) is 58.3 cm³/mol. The van der Waals surface area contributed by atoms with E-state index < -0.39 is 5.97 Å². The molecule has 0 aromatic heterocycles. The van der Waals surface area contributed by atoms with E-state index >= 15 is 0 Å². The Morgan fingerprint density at radius 3 is 3.12 bits per heavy atom. The lowest BCUT2D eigenvalue weighted by molar-refractivity contribution is -0.131. The molecule has 0 amide bonds. The summed E-state index contributed by atoms with van der Waals surface area (Å²) < 4.78 is 10.5. The molecule has 0 bridgehead atoms. The second kappa shape index (κ2) is 4.81. The minimum absolute atomic E-state index is 0.221. The van der Waals surface area contributed by atoms with Crippen LogP contribution in [0.1, 0.15) is 5.56 Å². The van der Waals surface area contributed by atoms with Gasteiger partial charge in [0.2, 0.25) is 0 Å². The fourth-order valence-corrected chi connectivity index (χ4v) is 1.23. The third kappa shape index (κ3) is 3.40. The van der Waals surface area contributed by atoms with Crippen molar-refractivity contribution in [2.75, 3.05) is 13.2 Å². The fraction of sp³-hybridized carbons (Fsp3) is 0.250. The number of ether oxygens (including phenoxy) is 2. The third-order valence-electron chi connectivity index (χ3n) is 2.11. The molecule has 1 aliphatic heterocycles. The van der Waals surface area contributed by atoms with Gasteiger partial charge < -0.3 is 14.6 Å². The first-order chi connectivity index (χ1) is 7.74. The van der Waals surface area contributed by atoms with Crippen molar-refractivity contribution in [1.29, 1.82) is 0 Å². The van der Waals surface area contributed by atoms with Crippen molar-refractivity contribution in [2.24, 2.45) is 0 Å². The van der Waals surface area contributed by atoms with Crippen molar-refractivity contribution < 1.29 is 19.4 Å². The molecular formula is C12H12O4. The molecule has 1 fully saturated rings. The van der Waals surface area contributed by atoms with E-state index in [1.165, 1.54) is 6.08 Å². The van der Waals surface area contributed by atoms with Gasteiger partial charge in [0.15, 0.2) is 0 Å². The highest BCUT2D eigenvalue weighted by molar-refractivity contribution is 5.85. The Morgan fingerprint density at radius 1 is 1.62 bits per heavy atom. The van der Waals surface area contributed by atoms with E-state index in [9.17, 15) is 4.79 Å². The average Bonchev–Trinajstić information content (AvgIpc) is 3.08. The molecule has 1 saturated heterocycles. The van der Waals surface area contributed by atoms with Gasteiger partial charge in [0.1, 0.15) is 18.5 Å². The topological polar surface area (TPSA) is 59.1 Å². The third-order valence-corrected chi connectivity index (χ3v) is 2.11. The van der Waals surface area contributed by atoms with E-state index in [0.29, 0.717) is 6.61 Å². The molecule has 84 valence electrons. The van der Waals surface area contributed by atoms with Gasteiger partial charge in [0.25, 0.3) is 0 Å². The fourth-order valence-electron chi connectivity index (χ4n) is 1.23. The molecule has 1 atom stereocenters. The Hall–Kier alpha value is -1.81. The number of benzene rings is 1. The van der Waals surface area contributed by atoms with Crippen molar-refractivity contribution in [2.45, 2.75) is 6.10 Å². The van der Waals surface area contributed by atoms with E-state index in [1.54, 1.807) is 6.07 Å². The molecule has 1 aromatic carbocycles. The highest BCUT2D eigenvalue weighted by Gasteiger charge is 2.22. The van der Waals surface area contributed by atoms with Crippen LogP contribution >= 0.6 is 0 Å². The molecule has 16 heavy (non-hydrogen) atoms. The summed E-state index contributed by atoms with van der Waals surface area (Å²) in [7, 11) is 0. The summed E-state index contributed by atoms with van der Waals surface area (Å²) in [5, 5.41) is 8.49. The van der Waals surface area contributed by atoms with Gasteiger partial charge >= 0.3 is 5.97 Å². The molecule has 1 aromatic rings. The van der Waals surface area contributed by atoms with E-state index in [-0.39, 0.29) is 6.10 Å². The van der Waals surface area contributed by atoms with E-state index in [0.717, 1.165) is 24.0 Å². The summed E-state index contributed by atoms with van der Waals surface area (Å²) in [5.74, 6) is -0.235. The van der Waals surface area contributed by atoms with Crippen LogP contribution in [0.2, 0.25) is 0 Å². The number of carboxylic acid groups (broad SMARTS) is 1. The second-order valence-corrected chi connectivity index (χ2v) is 3.51. The molecule has 1 aliphatic rings. The number of rotatable bonds is 5. The normalized spacial score (nSPS) is 18.6. The van der Waals surface area contributed by atoms with Crippen LogP contribution in [0.15, 0.2) is 30.3 Å². The van der Waals surface area contributed by atoms with Gasteiger partial charge in [-0.3, -0.25) is 0 Å². The Balaban J connectivity index is 1.97. The van der Waals surface area contributed by atoms with Crippen molar-refractivity contribution in [3.05, 3.63) is 35.9 Å². The number of epoxide rings is 1. The van der Waals surface area contributed by atoms with Crippen LogP contribution in [-0.4, -0.2) is 30.4 Å². The van der Waals surface area contributed by atoms with Crippen molar-refractivity contribution in [3.8, 4) is 5.75 Å². The van der Waals surface area contributed by atoms with Crippen LogP contribution < -0.4 is 4.74 Å². The molecule has 0 aliphatic carbocycles. The van der Waals surface area contributed by atoms with Crippen LogP contribution in [-0.2, 0) is 9.53 Å². The summed E-state index contributed by atoms with van der Waals surface area (Å²) in [6.07, 6.45) is 2.85. The number of carbonyl (C=O) groups is 1. The second-order valence-electron chi connectivity index (χ2n) is 3.51. The smallest absolute Gasteiger partial charge is 0.328 e. The van der Waals surface area contributed by atoms with Crippen molar-refractivity contribution >= 4 is 12.0 Å². The summed E-state index contributed by atoms with van der Waals surface area (Å²) in [6, 6.07) is 7.27. The first kappa shape index (κ1) is 10.7. The minimum Gasteiger partial charge on any atom is -0.491 e. The Kier molecular flexibility index (Phi) is 3.22. The monoisotopic (exact) mass is 220 g/mol. The summed E-state index contributed by atoms with van der Waals surface area (Å²) in [5.41, 5.74) is 0.802. The molecule has 0 saturated carbocycles. The van der Waals surface area contributed by atoms with E-state index in [1.807, 2.05) is 18.2 Å². The molecule has 0 radical (unpaired) electrons. The highest BCUT2D eigenvalue weighted by Crippen LogP contribution is 2.17. The predicted octanol–water partition coefficient (Wildman–Crippen LogP) is 1.56. The number of carboxylic acids is 1. The first-order valence-corrected chi connectivity index (χ1v) is 4.99. The first-order valence-electron chi connectivity index (χ1n) is 4.99. The quantitative estimate of drug-likeness (QED) is 0.604. The summed E-state index contributed by atoms with van der Waals surface area (Å²) in [4.78, 5) is 10.3. The molecule has 4 nitrogen and oxygen atoms in total. The Labute approximate surface area is 93.1 Å². The van der Waals surface area contributed by atoms with Gasteiger partial charge in [-0.1, -0.05) is 12.1 Å². The van der Waals surface area contributed by atoms with Gasteiger partial charge in [0, 0.05) is 6.08 Å². The SMILES string of the molecule is O=C(O)/C=C/c1cccc(OCC2CO2)c1. The summed E-state index contributed by atoms with van der Waals surface area (Å²) >= 11 is 0. The molecule has 1 unspecified atom stereocenters. The standard InChI is InChI=1S/C12H12O4/c13-12(14)5-4-9-2-1-3-10(6-9)15-7-11-8-16-11/h1-6,11H,7-8H2,(H,13,14)/b5-4+. The average molecular weight is 220 g/mol. The largest absolute Gasteiger partial charge is 0.491 e. The lowest BCUT2D eigenvalue weighted by Crippen LogP contribution is -2.03. The zero-order chi connectivity index (χ0) is 11.4. The van der Waals surface area contributed by atoms with Gasteiger partial charge in [-0.2, -0.15) is 0 Å². The van der Waals surface area contributed by atoms with E-state index in [4.69, 9.17) is 14.6 Å². The molecule has 4 heteroatoms.